The van der Waals surface area contributed by atoms with E-state index in [9.17, 15) is 10.2 Å². The summed E-state index contributed by atoms with van der Waals surface area (Å²) in [5.41, 5.74) is 0.771. The van der Waals surface area contributed by atoms with E-state index in [2.05, 4.69) is 9.88 Å². The van der Waals surface area contributed by atoms with Gasteiger partial charge in [0, 0.05) is 32.0 Å². The molecule has 2 heterocycles. The summed E-state index contributed by atoms with van der Waals surface area (Å²) < 4.78 is 19.4. The highest BCUT2D eigenvalue weighted by molar-refractivity contribution is 5.43. The molecule has 0 radical (unpaired) electrons. The Kier molecular flexibility index (Phi) is 7.95. The Balaban J connectivity index is 1.38. The normalized spacial score (nSPS) is 20.5. The number of methoxy groups -OCH3 is 1. The van der Waals surface area contributed by atoms with Gasteiger partial charge in [-0.15, -0.1) is 0 Å². The predicted molar refractivity (Wildman–Crippen MR) is 133 cm³/mol. The van der Waals surface area contributed by atoms with Gasteiger partial charge in [0.1, 0.15) is 30.4 Å². The van der Waals surface area contributed by atoms with Crippen molar-refractivity contribution in [3.63, 3.8) is 0 Å². The first-order valence-corrected chi connectivity index (χ1v) is 12.0. The zero-order valence-corrected chi connectivity index (χ0v) is 20.7. The molecule has 8 nitrogen and oxygen atoms in total. The van der Waals surface area contributed by atoms with Crippen LogP contribution in [-0.2, 0) is 13.1 Å². The van der Waals surface area contributed by atoms with E-state index in [-0.39, 0.29) is 6.61 Å². The number of hydrogen-bond acceptors (Lipinski definition) is 7. The summed E-state index contributed by atoms with van der Waals surface area (Å²) in [4.78, 5) is 6.37. The number of rotatable bonds is 10. The summed E-state index contributed by atoms with van der Waals surface area (Å²) in [6.45, 7) is 6.76. The molecule has 8 heteroatoms. The van der Waals surface area contributed by atoms with Crippen LogP contribution in [0.25, 0.3) is 0 Å². The molecule has 188 valence electrons. The van der Waals surface area contributed by atoms with Crippen LogP contribution in [-0.4, -0.2) is 69.8 Å². The second-order valence-electron chi connectivity index (χ2n) is 9.23. The number of benzene rings is 2. The second-order valence-corrected chi connectivity index (χ2v) is 9.23. The highest BCUT2D eigenvalue weighted by Crippen LogP contribution is 2.30. The fourth-order valence-corrected chi connectivity index (χ4v) is 4.42. The van der Waals surface area contributed by atoms with E-state index in [0.717, 1.165) is 17.0 Å². The van der Waals surface area contributed by atoms with Crippen molar-refractivity contribution < 1.29 is 24.4 Å². The SMILES string of the molecule is COc1ccc(CN2CC[C@H](O)[C@@](O)(COc3cccc(C)c3)C2)cc1OCCn1ccnc1C. The van der Waals surface area contributed by atoms with Crippen molar-refractivity contribution in [1.82, 2.24) is 14.5 Å². The minimum Gasteiger partial charge on any atom is -0.493 e. The molecule has 0 saturated carbocycles. The monoisotopic (exact) mass is 481 g/mol. The van der Waals surface area contributed by atoms with Crippen molar-refractivity contribution in [3.05, 3.63) is 71.8 Å². The largest absolute Gasteiger partial charge is 0.493 e. The van der Waals surface area contributed by atoms with Crippen LogP contribution in [0.3, 0.4) is 0 Å². The molecule has 0 unspecified atom stereocenters. The van der Waals surface area contributed by atoms with Crippen LogP contribution < -0.4 is 14.2 Å². The Morgan fingerprint density at radius 2 is 1.97 bits per heavy atom. The zero-order valence-electron chi connectivity index (χ0n) is 20.7. The maximum Gasteiger partial charge on any atom is 0.161 e. The number of nitrogens with zero attached hydrogens (tertiary/aromatic N) is 3. The van der Waals surface area contributed by atoms with E-state index in [1.807, 2.05) is 67.1 Å². The Bertz CT molecular complexity index is 1120. The predicted octanol–water partition coefficient (Wildman–Crippen LogP) is 2.96. The number of hydrogen-bond donors (Lipinski definition) is 2. The van der Waals surface area contributed by atoms with Crippen molar-refractivity contribution >= 4 is 0 Å². The van der Waals surface area contributed by atoms with Crippen molar-refractivity contribution in [1.29, 1.82) is 0 Å². The number of piperidine rings is 1. The lowest BCUT2D eigenvalue weighted by Crippen LogP contribution is -2.59. The van der Waals surface area contributed by atoms with Crippen LogP contribution in [0, 0.1) is 13.8 Å². The van der Waals surface area contributed by atoms with Gasteiger partial charge in [-0.2, -0.15) is 0 Å². The van der Waals surface area contributed by atoms with Crippen molar-refractivity contribution in [2.45, 2.75) is 45.1 Å². The minimum absolute atomic E-state index is 0.0265. The van der Waals surface area contributed by atoms with E-state index in [1.165, 1.54) is 0 Å². The molecule has 4 rings (SSSR count). The topological polar surface area (TPSA) is 89.2 Å². The molecule has 1 aliphatic heterocycles. The Morgan fingerprint density at radius 3 is 2.71 bits per heavy atom. The van der Waals surface area contributed by atoms with Gasteiger partial charge >= 0.3 is 0 Å². The molecule has 0 aliphatic carbocycles. The average Bonchev–Trinajstić information content (AvgIpc) is 3.25. The third-order valence-electron chi connectivity index (χ3n) is 6.46. The van der Waals surface area contributed by atoms with Crippen molar-refractivity contribution in [2.75, 3.05) is 33.4 Å². The number of aliphatic hydroxyl groups is 2. The zero-order chi connectivity index (χ0) is 24.8. The van der Waals surface area contributed by atoms with Gasteiger partial charge in [0.05, 0.1) is 19.8 Å². The van der Waals surface area contributed by atoms with Gasteiger partial charge in [0.25, 0.3) is 0 Å². The Morgan fingerprint density at radius 1 is 1.11 bits per heavy atom. The lowest BCUT2D eigenvalue weighted by atomic mass is 9.90. The van der Waals surface area contributed by atoms with Crippen LogP contribution in [0.15, 0.2) is 54.9 Å². The van der Waals surface area contributed by atoms with Crippen LogP contribution in [0.2, 0.25) is 0 Å². The van der Waals surface area contributed by atoms with Crippen LogP contribution in [0.4, 0.5) is 0 Å². The summed E-state index contributed by atoms with van der Waals surface area (Å²) in [5.74, 6) is 2.98. The summed E-state index contributed by atoms with van der Waals surface area (Å²) in [6.07, 6.45) is 3.34. The number of aryl methyl sites for hydroxylation is 2. The molecule has 1 aliphatic rings. The lowest BCUT2D eigenvalue weighted by Gasteiger charge is -2.42. The van der Waals surface area contributed by atoms with E-state index < -0.39 is 11.7 Å². The smallest absolute Gasteiger partial charge is 0.161 e. The highest BCUT2D eigenvalue weighted by Gasteiger charge is 2.42. The molecular weight excluding hydrogens is 446 g/mol. The summed E-state index contributed by atoms with van der Waals surface area (Å²) >= 11 is 0. The van der Waals surface area contributed by atoms with E-state index >= 15 is 0 Å². The maximum atomic E-state index is 11.2. The summed E-state index contributed by atoms with van der Waals surface area (Å²) in [6, 6.07) is 13.6. The van der Waals surface area contributed by atoms with Crippen LogP contribution in [0.5, 0.6) is 17.2 Å². The molecule has 2 atom stereocenters. The molecular formula is C27H35N3O5. The van der Waals surface area contributed by atoms with Gasteiger partial charge in [0.15, 0.2) is 11.5 Å². The molecule has 2 aromatic carbocycles. The number of ether oxygens (including phenoxy) is 3. The molecule has 1 aromatic heterocycles. The molecule has 0 amide bonds. The standard InChI is InChI=1S/C27H35N3O5/c1-20-5-4-6-23(15-20)35-19-27(32)18-29(11-9-26(27)31)17-22-7-8-24(33-3)25(16-22)34-14-13-30-12-10-28-21(30)2/h4-8,10,12,15-16,26,31-32H,9,11,13-14,17-19H2,1-3H3/t26-,27-/m0/s1. The third kappa shape index (κ3) is 6.33. The number of imidazole rings is 1. The first-order chi connectivity index (χ1) is 16.9. The van der Waals surface area contributed by atoms with E-state index in [4.69, 9.17) is 14.2 Å². The molecule has 3 aromatic rings. The van der Waals surface area contributed by atoms with Crippen LogP contribution >= 0.6 is 0 Å². The highest BCUT2D eigenvalue weighted by atomic mass is 16.5. The maximum absolute atomic E-state index is 11.2. The first kappa shape index (κ1) is 25.0. The number of likely N-dealkylation sites (tertiary alicyclic amines) is 1. The molecule has 35 heavy (non-hydrogen) atoms. The van der Waals surface area contributed by atoms with Gasteiger partial charge in [-0.05, 0) is 55.7 Å². The lowest BCUT2D eigenvalue weighted by molar-refractivity contribution is -0.140. The fraction of sp³-hybridized carbons (Fsp3) is 0.444. The summed E-state index contributed by atoms with van der Waals surface area (Å²) in [7, 11) is 1.63. The van der Waals surface area contributed by atoms with Crippen LogP contribution in [0.1, 0.15) is 23.4 Å². The Hall–Kier alpha value is -3.07. The number of β-amino-alcohol motifs (C(OH)–C–C–N with tert-alkyl or cyclic N) is 1. The van der Waals surface area contributed by atoms with E-state index in [0.29, 0.717) is 56.5 Å². The molecule has 0 spiro atoms. The number of aromatic nitrogens is 2. The van der Waals surface area contributed by atoms with Gasteiger partial charge in [0.2, 0.25) is 0 Å². The molecule has 1 fully saturated rings. The van der Waals surface area contributed by atoms with E-state index in [1.54, 1.807) is 13.3 Å². The quantitative estimate of drug-likeness (QED) is 0.460. The minimum atomic E-state index is -1.35. The summed E-state index contributed by atoms with van der Waals surface area (Å²) in [5, 5.41) is 21.8. The molecule has 1 saturated heterocycles. The number of aliphatic hydroxyl groups excluding tert-OH is 1. The molecule has 2 N–H and O–H groups in total. The fourth-order valence-electron chi connectivity index (χ4n) is 4.42. The Labute approximate surface area is 206 Å². The van der Waals surface area contributed by atoms with Gasteiger partial charge < -0.3 is 29.0 Å². The van der Waals surface area contributed by atoms with Gasteiger partial charge in [-0.3, -0.25) is 4.90 Å². The molecule has 0 bridgehead atoms. The first-order valence-electron chi connectivity index (χ1n) is 12.0. The third-order valence-corrected chi connectivity index (χ3v) is 6.46. The van der Waals surface area contributed by atoms with Gasteiger partial charge in [-0.25, -0.2) is 4.98 Å². The second kappa shape index (κ2) is 11.1. The van der Waals surface area contributed by atoms with Gasteiger partial charge in [-0.1, -0.05) is 18.2 Å². The van der Waals surface area contributed by atoms with Crippen molar-refractivity contribution in [2.24, 2.45) is 0 Å². The average molecular weight is 482 g/mol. The van der Waals surface area contributed by atoms with Crippen molar-refractivity contribution in [3.8, 4) is 17.2 Å².